The Labute approximate surface area is 228 Å². The van der Waals surface area contributed by atoms with Crippen LogP contribution in [0.3, 0.4) is 0 Å². The highest BCUT2D eigenvalue weighted by atomic mass is 16.3. The van der Waals surface area contributed by atoms with Gasteiger partial charge in [-0.25, -0.2) is 4.98 Å². The van der Waals surface area contributed by atoms with Gasteiger partial charge in [0.25, 0.3) is 5.91 Å². The van der Waals surface area contributed by atoms with E-state index >= 15 is 0 Å². The lowest BCUT2D eigenvalue weighted by molar-refractivity contribution is 0.0665. The average Bonchev–Trinajstić information content (AvgIpc) is 3.59. The third-order valence-electron chi connectivity index (χ3n) is 7.70. The first kappa shape index (κ1) is 24.9. The molecular formula is C32H33N5O2. The molecule has 2 aromatic heterocycles. The molecule has 1 aliphatic rings. The summed E-state index contributed by atoms with van der Waals surface area (Å²) in [6.45, 7) is 4.64. The largest absolute Gasteiger partial charge is 0.508 e. The van der Waals surface area contributed by atoms with Crippen LogP contribution in [0.25, 0.3) is 21.9 Å². The number of imidazole rings is 1. The Kier molecular flexibility index (Phi) is 6.90. The molecule has 0 unspecified atom stereocenters. The molecule has 39 heavy (non-hydrogen) atoms. The minimum absolute atomic E-state index is 0.0885. The van der Waals surface area contributed by atoms with Crippen LogP contribution in [0, 0.1) is 0 Å². The third-order valence-corrected chi connectivity index (χ3v) is 7.70. The number of aromatic nitrogens is 3. The summed E-state index contributed by atoms with van der Waals surface area (Å²) in [4.78, 5) is 22.5. The van der Waals surface area contributed by atoms with Gasteiger partial charge in [-0.1, -0.05) is 54.6 Å². The molecule has 3 aromatic carbocycles. The summed E-state index contributed by atoms with van der Waals surface area (Å²) in [6, 6.07) is 22.0. The van der Waals surface area contributed by atoms with Crippen molar-refractivity contribution < 1.29 is 9.90 Å². The molecule has 1 aliphatic heterocycles. The summed E-state index contributed by atoms with van der Waals surface area (Å²) < 4.78 is 4.28. The van der Waals surface area contributed by atoms with Gasteiger partial charge in [0.2, 0.25) is 0 Å². The zero-order valence-electron chi connectivity index (χ0n) is 22.2. The number of carbonyl (C=O) groups is 1. The van der Waals surface area contributed by atoms with Gasteiger partial charge in [0, 0.05) is 56.9 Å². The number of likely N-dealkylation sites (N-methyl/N-ethyl adjacent to an activating group) is 1. The van der Waals surface area contributed by atoms with Gasteiger partial charge in [0.15, 0.2) is 0 Å². The highest BCUT2D eigenvalue weighted by Crippen LogP contribution is 2.33. The number of fused-ring (bicyclic) bond motifs is 1. The van der Waals surface area contributed by atoms with Gasteiger partial charge in [-0.2, -0.15) is 0 Å². The Morgan fingerprint density at radius 2 is 1.67 bits per heavy atom. The van der Waals surface area contributed by atoms with Crippen LogP contribution in [0.5, 0.6) is 5.75 Å². The lowest BCUT2D eigenvalue weighted by Crippen LogP contribution is -2.47. The fourth-order valence-corrected chi connectivity index (χ4v) is 5.40. The molecule has 0 bridgehead atoms. The standard InChI is InChI=1S/C32H33N5O2/c1-34-15-17-36(18-16-34)32(39)31-22-35(21-30(31)29-8-4-6-25-5-2-3-7-28(25)29)20-26-19-33-23-37(26)14-13-24-9-11-27(38)12-10-24/h2-12,19,21-23,38H,13-18,20H2,1H3. The number of benzene rings is 3. The number of aromatic hydroxyl groups is 1. The van der Waals surface area contributed by atoms with Crippen LogP contribution in [0.15, 0.2) is 91.6 Å². The van der Waals surface area contributed by atoms with E-state index in [1.807, 2.05) is 41.8 Å². The van der Waals surface area contributed by atoms with E-state index in [1.54, 1.807) is 12.1 Å². The van der Waals surface area contributed by atoms with Gasteiger partial charge in [-0.15, -0.1) is 0 Å². The fraction of sp³-hybridized carbons (Fsp3) is 0.250. The topological polar surface area (TPSA) is 66.5 Å². The van der Waals surface area contributed by atoms with Gasteiger partial charge in [0.1, 0.15) is 5.75 Å². The van der Waals surface area contributed by atoms with E-state index in [9.17, 15) is 9.90 Å². The summed E-state index contributed by atoms with van der Waals surface area (Å²) in [5.41, 5.74) is 5.01. The van der Waals surface area contributed by atoms with E-state index in [2.05, 4.69) is 68.7 Å². The summed E-state index contributed by atoms with van der Waals surface area (Å²) in [5.74, 6) is 0.365. The van der Waals surface area contributed by atoms with Crippen molar-refractivity contribution in [1.82, 2.24) is 23.9 Å². The molecule has 0 radical (unpaired) electrons. The lowest BCUT2D eigenvalue weighted by Gasteiger charge is -2.32. The predicted octanol–water partition coefficient (Wildman–Crippen LogP) is 4.89. The van der Waals surface area contributed by atoms with Gasteiger partial charge in [-0.3, -0.25) is 4.79 Å². The number of phenols is 1. The molecule has 6 rings (SSSR count). The SMILES string of the molecule is CN1CCN(C(=O)c2cn(Cc3cncn3CCc3ccc(O)cc3)cc2-c2cccc3ccccc23)CC1. The molecule has 0 aliphatic carbocycles. The molecule has 7 nitrogen and oxygen atoms in total. The van der Waals surface area contributed by atoms with Crippen molar-refractivity contribution in [3.05, 3.63) is 108 Å². The molecule has 0 atom stereocenters. The van der Waals surface area contributed by atoms with E-state index in [0.717, 1.165) is 77.9 Å². The van der Waals surface area contributed by atoms with Crippen molar-refractivity contribution >= 4 is 16.7 Å². The quantitative estimate of drug-likeness (QED) is 0.333. The van der Waals surface area contributed by atoms with Crippen molar-refractivity contribution in [1.29, 1.82) is 0 Å². The van der Waals surface area contributed by atoms with Crippen LogP contribution < -0.4 is 0 Å². The predicted molar refractivity (Wildman–Crippen MR) is 154 cm³/mol. The Balaban J connectivity index is 1.32. The number of rotatable bonds is 7. The van der Waals surface area contributed by atoms with Crippen molar-refractivity contribution in [3.63, 3.8) is 0 Å². The van der Waals surface area contributed by atoms with E-state index < -0.39 is 0 Å². The summed E-state index contributed by atoms with van der Waals surface area (Å²) in [6.07, 6.45) is 8.72. The van der Waals surface area contributed by atoms with Crippen LogP contribution in [0.4, 0.5) is 0 Å². The smallest absolute Gasteiger partial charge is 0.256 e. The Morgan fingerprint density at radius 3 is 2.49 bits per heavy atom. The van der Waals surface area contributed by atoms with Crippen LogP contribution in [0.2, 0.25) is 0 Å². The molecule has 1 amide bonds. The molecule has 5 aromatic rings. The average molecular weight is 520 g/mol. The Hall–Kier alpha value is -4.36. The van der Waals surface area contributed by atoms with Gasteiger partial charge in [0.05, 0.1) is 24.1 Å². The number of carbonyl (C=O) groups excluding carboxylic acids is 1. The summed E-state index contributed by atoms with van der Waals surface area (Å²) in [5, 5.41) is 11.9. The molecule has 198 valence electrons. The van der Waals surface area contributed by atoms with Crippen molar-refractivity contribution in [3.8, 4) is 16.9 Å². The van der Waals surface area contributed by atoms with E-state index in [0.29, 0.717) is 6.54 Å². The number of hydrogen-bond acceptors (Lipinski definition) is 4. The zero-order chi connectivity index (χ0) is 26.8. The first-order valence-corrected chi connectivity index (χ1v) is 13.5. The van der Waals surface area contributed by atoms with Crippen molar-refractivity contribution in [2.45, 2.75) is 19.5 Å². The Morgan fingerprint density at radius 1 is 0.897 bits per heavy atom. The normalized spacial score (nSPS) is 14.2. The number of hydrogen-bond donors (Lipinski definition) is 1. The fourth-order valence-electron chi connectivity index (χ4n) is 5.40. The van der Waals surface area contributed by atoms with Gasteiger partial charge in [-0.05, 0) is 47.5 Å². The first-order chi connectivity index (χ1) is 19.0. The maximum atomic E-state index is 13.9. The highest BCUT2D eigenvalue weighted by molar-refractivity contribution is 6.06. The number of piperazine rings is 1. The molecule has 0 saturated carbocycles. The van der Waals surface area contributed by atoms with Gasteiger partial charge >= 0.3 is 0 Å². The van der Waals surface area contributed by atoms with Crippen molar-refractivity contribution in [2.75, 3.05) is 33.2 Å². The monoisotopic (exact) mass is 519 g/mol. The molecule has 3 heterocycles. The highest BCUT2D eigenvalue weighted by Gasteiger charge is 2.25. The lowest BCUT2D eigenvalue weighted by atomic mass is 9.97. The summed E-state index contributed by atoms with van der Waals surface area (Å²) in [7, 11) is 2.10. The van der Waals surface area contributed by atoms with Crippen LogP contribution in [0.1, 0.15) is 21.6 Å². The van der Waals surface area contributed by atoms with E-state index in [-0.39, 0.29) is 11.7 Å². The molecule has 1 N–H and O–H groups in total. The van der Waals surface area contributed by atoms with E-state index in [1.165, 1.54) is 0 Å². The first-order valence-electron chi connectivity index (χ1n) is 13.5. The number of phenolic OH excluding ortho intramolecular Hbond substituents is 1. The minimum Gasteiger partial charge on any atom is -0.508 e. The van der Waals surface area contributed by atoms with Gasteiger partial charge < -0.3 is 24.0 Å². The maximum Gasteiger partial charge on any atom is 0.256 e. The Bertz CT molecular complexity index is 1590. The zero-order valence-corrected chi connectivity index (χ0v) is 22.2. The maximum absolute atomic E-state index is 13.9. The van der Waals surface area contributed by atoms with Crippen LogP contribution in [-0.2, 0) is 19.5 Å². The van der Waals surface area contributed by atoms with E-state index in [4.69, 9.17) is 0 Å². The molecule has 1 saturated heterocycles. The number of amides is 1. The minimum atomic E-state index is 0.0885. The van der Waals surface area contributed by atoms with Crippen LogP contribution in [-0.4, -0.2) is 68.2 Å². The summed E-state index contributed by atoms with van der Waals surface area (Å²) >= 11 is 0. The van der Waals surface area contributed by atoms with Crippen LogP contribution >= 0.6 is 0 Å². The third kappa shape index (κ3) is 5.31. The molecule has 0 spiro atoms. The number of aryl methyl sites for hydroxylation is 2. The molecule has 7 heteroatoms. The number of nitrogens with zero attached hydrogens (tertiary/aromatic N) is 5. The molecule has 1 fully saturated rings. The second kappa shape index (κ2) is 10.8. The van der Waals surface area contributed by atoms with Crippen molar-refractivity contribution in [2.24, 2.45) is 0 Å². The second-order valence-corrected chi connectivity index (χ2v) is 10.4. The second-order valence-electron chi connectivity index (χ2n) is 10.4. The molecular weight excluding hydrogens is 486 g/mol.